The molecule has 4 heteroatoms. The Kier molecular flexibility index (Phi) is 7.48. The minimum atomic E-state index is -2.81. The molecule has 0 aromatic heterocycles. The van der Waals surface area contributed by atoms with Crippen LogP contribution in [0.25, 0.3) is 0 Å². The van der Waals surface area contributed by atoms with Gasteiger partial charge < -0.3 is 0 Å². The number of fused-ring (bicyclic) bond motifs is 1. The molecule has 0 radical (unpaired) electrons. The molecule has 6 aromatic carbocycles. The van der Waals surface area contributed by atoms with Crippen molar-refractivity contribution in [2.75, 3.05) is 4.90 Å². The third kappa shape index (κ3) is 4.86. The van der Waals surface area contributed by atoms with E-state index in [1.165, 1.54) is 26.4 Å². The Morgan fingerprint density at radius 3 is 1.45 bits per heavy atom. The van der Waals surface area contributed by atoms with E-state index in [0.29, 0.717) is 16.8 Å². The van der Waals surface area contributed by atoms with Crippen molar-refractivity contribution >= 4 is 46.0 Å². The number of amides is 2. The quantitative estimate of drug-likeness (QED) is 0.148. The second-order valence-corrected chi connectivity index (χ2v) is 15.0. The number of hydrogen-bond donors (Lipinski definition) is 0. The molecule has 0 saturated heterocycles. The molecule has 0 fully saturated rings. The number of benzene rings is 6. The molecule has 214 valence electrons. The van der Waals surface area contributed by atoms with E-state index in [9.17, 15) is 9.59 Å². The summed E-state index contributed by atoms with van der Waals surface area (Å²) in [5, 5.41) is 4.82. The molecule has 6 aromatic rings. The average molecular weight is 590 g/mol. The van der Waals surface area contributed by atoms with Crippen molar-refractivity contribution in [3.05, 3.63) is 186 Å². The van der Waals surface area contributed by atoms with E-state index in [-0.39, 0.29) is 11.8 Å². The van der Waals surface area contributed by atoms with Crippen molar-refractivity contribution in [1.82, 2.24) is 0 Å². The number of nitrogens with zero attached hydrogens (tertiary/aromatic N) is 1. The second-order valence-electron chi connectivity index (χ2n) is 11.2. The van der Waals surface area contributed by atoms with Crippen LogP contribution in [0.15, 0.2) is 164 Å². The summed E-state index contributed by atoms with van der Waals surface area (Å²) >= 11 is 0. The van der Waals surface area contributed by atoms with Crippen molar-refractivity contribution < 1.29 is 9.59 Å². The summed E-state index contributed by atoms with van der Waals surface area (Å²) in [5.74, 6) is -0.543. The van der Waals surface area contributed by atoms with Gasteiger partial charge in [0.05, 0.1) is 0 Å². The van der Waals surface area contributed by atoms with Crippen LogP contribution >= 0.6 is 7.26 Å². The first-order chi connectivity index (χ1) is 21.7. The van der Waals surface area contributed by atoms with E-state index >= 15 is 0 Å². The fraction of sp³-hybridized carbons (Fsp3) is 0.0500. The Hall–Kier alpha value is -5.11. The van der Waals surface area contributed by atoms with Crippen LogP contribution in [0.4, 0.5) is 5.69 Å². The number of carbonyl (C=O) groups is 2. The minimum absolute atomic E-state index is 0.268. The van der Waals surface area contributed by atoms with E-state index in [2.05, 4.69) is 97.1 Å². The van der Waals surface area contributed by atoms with E-state index < -0.39 is 7.26 Å². The van der Waals surface area contributed by atoms with Gasteiger partial charge in [0, 0.05) is 0 Å². The number of carbonyl (C=O) groups excluding carboxylic acids is 2. The Morgan fingerprint density at radius 1 is 0.409 bits per heavy atom. The third-order valence-corrected chi connectivity index (χ3v) is 13.4. The summed E-state index contributed by atoms with van der Waals surface area (Å²) < 4.78 is 0. The second kappa shape index (κ2) is 11.9. The summed E-state index contributed by atoms with van der Waals surface area (Å²) in [6, 6.07) is 56.0. The van der Waals surface area contributed by atoms with Gasteiger partial charge in [-0.2, -0.15) is 0 Å². The maximum absolute atomic E-state index is 13.9. The summed E-state index contributed by atoms with van der Waals surface area (Å²) in [7, 11) is -2.81. The normalized spacial score (nSPS) is 13.1. The van der Waals surface area contributed by atoms with Gasteiger partial charge in [0.2, 0.25) is 0 Å². The third-order valence-electron chi connectivity index (χ3n) is 8.65. The molecule has 0 saturated carbocycles. The van der Waals surface area contributed by atoms with Gasteiger partial charge in [0.15, 0.2) is 0 Å². The average Bonchev–Trinajstić information content (AvgIpc) is 3.34. The molecule has 3 nitrogen and oxygen atoms in total. The molecule has 1 heterocycles. The molecule has 0 N–H and O–H groups in total. The Balaban J connectivity index is 1.31. The van der Waals surface area contributed by atoms with Gasteiger partial charge in [-0.3, -0.25) is 0 Å². The molecule has 2 amide bonds. The summed E-state index contributed by atoms with van der Waals surface area (Å²) in [5.41, 5.74) is 3.83. The number of anilines is 1. The van der Waals surface area contributed by atoms with Crippen LogP contribution < -0.4 is 26.1 Å². The van der Waals surface area contributed by atoms with Crippen LogP contribution in [0.1, 0.15) is 31.8 Å². The molecule has 1 aliphatic rings. The van der Waals surface area contributed by atoms with E-state index in [1.54, 1.807) is 0 Å². The Morgan fingerprint density at radius 2 is 0.886 bits per heavy atom. The summed E-state index contributed by atoms with van der Waals surface area (Å²) in [6.45, 7) is 0. The number of imide groups is 1. The van der Waals surface area contributed by atoms with Crippen LogP contribution in [-0.2, 0) is 12.8 Å². The van der Waals surface area contributed by atoms with Crippen molar-refractivity contribution in [2.24, 2.45) is 0 Å². The van der Waals surface area contributed by atoms with E-state index in [1.807, 2.05) is 66.7 Å². The summed E-state index contributed by atoms with van der Waals surface area (Å²) in [6.07, 6.45) is 1.67. The molecular formula is C40H32NO2P. The topological polar surface area (TPSA) is 37.4 Å². The Labute approximate surface area is 258 Å². The van der Waals surface area contributed by atoms with Crippen LogP contribution in [0.2, 0.25) is 0 Å². The van der Waals surface area contributed by atoms with Crippen LogP contribution in [0, 0.1) is 0 Å². The van der Waals surface area contributed by atoms with Crippen LogP contribution in [0.5, 0.6) is 0 Å². The molecule has 0 unspecified atom stereocenters. The van der Waals surface area contributed by atoms with Crippen LogP contribution in [0.3, 0.4) is 0 Å². The van der Waals surface area contributed by atoms with Crippen molar-refractivity contribution in [3.8, 4) is 0 Å². The monoisotopic (exact) mass is 589 g/mol. The number of rotatable bonds is 8. The van der Waals surface area contributed by atoms with Crippen LogP contribution in [-0.4, -0.2) is 11.8 Å². The van der Waals surface area contributed by atoms with Gasteiger partial charge in [-0.1, -0.05) is 18.2 Å². The van der Waals surface area contributed by atoms with Gasteiger partial charge >= 0.3 is 241 Å². The first-order valence-corrected chi connectivity index (χ1v) is 17.0. The van der Waals surface area contributed by atoms with Crippen molar-refractivity contribution in [1.29, 1.82) is 0 Å². The van der Waals surface area contributed by atoms with Gasteiger partial charge in [0.25, 0.3) is 0 Å². The molecule has 0 aliphatic carbocycles. The zero-order valence-corrected chi connectivity index (χ0v) is 25.3. The van der Waals surface area contributed by atoms with Crippen molar-refractivity contribution in [2.45, 2.75) is 12.8 Å². The zero-order valence-electron chi connectivity index (χ0n) is 24.3. The van der Waals surface area contributed by atoms with E-state index in [4.69, 9.17) is 0 Å². The fourth-order valence-electron chi connectivity index (χ4n) is 6.55. The van der Waals surface area contributed by atoms with Gasteiger partial charge in [-0.05, 0) is 0 Å². The SMILES string of the molecule is O=C1c2ccc(CCc3ccccc3)cc2C(=O)N1c1cccc([PH](c2ccccc2)(c2ccccc2)c2ccccc2)c1. The molecular weight excluding hydrogens is 557 g/mol. The van der Waals surface area contributed by atoms with Gasteiger partial charge in [0.1, 0.15) is 0 Å². The first-order valence-electron chi connectivity index (χ1n) is 15.0. The molecule has 7 rings (SSSR count). The van der Waals surface area contributed by atoms with Gasteiger partial charge in [-0.15, -0.1) is 0 Å². The zero-order chi connectivity index (χ0) is 29.9. The Bertz CT molecular complexity index is 1840. The number of hydrogen-bond acceptors (Lipinski definition) is 2. The maximum atomic E-state index is 13.9. The molecule has 44 heavy (non-hydrogen) atoms. The molecule has 0 bridgehead atoms. The predicted molar refractivity (Wildman–Crippen MR) is 184 cm³/mol. The predicted octanol–water partition coefficient (Wildman–Crippen LogP) is 6.62. The van der Waals surface area contributed by atoms with E-state index in [0.717, 1.165) is 23.7 Å². The fourth-order valence-corrected chi connectivity index (χ4v) is 11.3. The molecule has 0 atom stereocenters. The summed E-state index contributed by atoms with van der Waals surface area (Å²) in [4.78, 5) is 29.1. The van der Waals surface area contributed by atoms with Gasteiger partial charge in [-0.25, -0.2) is 0 Å². The number of aryl methyl sites for hydroxylation is 2. The van der Waals surface area contributed by atoms with Crippen molar-refractivity contribution in [3.63, 3.8) is 0 Å². The first kappa shape index (κ1) is 27.7. The standard InChI is InChI=1S/C40H32NO2P/c42-39-37-27-26-31(25-24-30-14-5-1-6-15-30)28-38(37)40(43)41(39)32-16-13-23-36(29-32)44(33-17-7-2-8-18-33,34-19-9-3-10-20-34)35-21-11-4-12-22-35/h1-23,26-29,44H,24-25H2. The molecule has 1 aliphatic heterocycles. The molecule has 0 spiro atoms.